The summed E-state index contributed by atoms with van der Waals surface area (Å²) in [7, 11) is 0. The molecule has 0 aliphatic rings. The highest BCUT2D eigenvalue weighted by atomic mass is 127. The zero-order chi connectivity index (χ0) is 10.6. The van der Waals surface area contributed by atoms with Crippen LogP contribution in [0.1, 0.15) is 5.56 Å². The smallest absolute Gasteiger partial charge is 0.130 e. The maximum Gasteiger partial charge on any atom is 0.130 e. The average Bonchev–Trinajstić information content (AvgIpc) is 2.19. The maximum atomic E-state index is 9.41. The van der Waals surface area contributed by atoms with Crippen LogP contribution in [0.5, 0.6) is 5.75 Å². The molecule has 0 radical (unpaired) electrons. The number of rotatable bonds is 1. The quantitative estimate of drug-likeness (QED) is 0.639. The lowest BCUT2D eigenvalue weighted by atomic mass is 10.1. The lowest BCUT2D eigenvalue weighted by molar-refractivity contribution is 0.474. The summed E-state index contributed by atoms with van der Waals surface area (Å²) in [5, 5.41) is 26.5. The molecular weight excluding hydrogens is 291 g/mol. The van der Waals surface area contributed by atoms with Gasteiger partial charge in [-0.2, -0.15) is 10.5 Å². The number of aromatic hydroxyl groups is 1. The minimum Gasteiger partial charge on any atom is -0.507 e. The van der Waals surface area contributed by atoms with Crippen LogP contribution in [0.2, 0.25) is 0 Å². The minimum absolute atomic E-state index is 0.0256. The van der Waals surface area contributed by atoms with Crippen molar-refractivity contribution in [3.8, 4) is 17.9 Å². The molecule has 3 nitrogen and oxygen atoms in total. The highest BCUT2D eigenvalue weighted by Gasteiger charge is 2.00. The van der Waals surface area contributed by atoms with Crippen molar-refractivity contribution in [2.45, 2.75) is 0 Å². The molecular formula is C10H5IN2O. The Kier molecular flexibility index (Phi) is 3.49. The number of hydrogen-bond donors (Lipinski definition) is 1. The Bertz CT molecular complexity index is 450. The largest absolute Gasteiger partial charge is 0.507 e. The summed E-state index contributed by atoms with van der Waals surface area (Å²) in [5.74, 6) is 0.0633. The van der Waals surface area contributed by atoms with Gasteiger partial charge in [0.25, 0.3) is 0 Å². The van der Waals surface area contributed by atoms with Gasteiger partial charge in [0, 0.05) is 9.13 Å². The lowest BCUT2D eigenvalue weighted by Gasteiger charge is -1.98. The highest BCUT2D eigenvalue weighted by molar-refractivity contribution is 14.1. The Balaban J connectivity index is 3.22. The molecule has 1 N–H and O–H groups in total. The molecule has 0 fully saturated rings. The van der Waals surface area contributed by atoms with Crippen LogP contribution in [-0.4, -0.2) is 5.11 Å². The van der Waals surface area contributed by atoms with Gasteiger partial charge >= 0.3 is 0 Å². The fraction of sp³-hybridized carbons (Fsp3) is 0. The van der Waals surface area contributed by atoms with Gasteiger partial charge < -0.3 is 5.11 Å². The molecule has 0 atom stereocenters. The van der Waals surface area contributed by atoms with Crippen molar-refractivity contribution in [2.24, 2.45) is 0 Å². The second-order valence-corrected chi connectivity index (χ2v) is 3.73. The van der Waals surface area contributed by atoms with Gasteiger partial charge in [0.05, 0.1) is 0 Å². The zero-order valence-corrected chi connectivity index (χ0v) is 9.19. The SMILES string of the molecule is N#CC(C#N)=Cc1cc(I)ccc1O. The third kappa shape index (κ3) is 2.48. The summed E-state index contributed by atoms with van der Waals surface area (Å²) < 4.78 is 0.932. The summed E-state index contributed by atoms with van der Waals surface area (Å²) >= 11 is 2.09. The van der Waals surface area contributed by atoms with Gasteiger partial charge in [-0.1, -0.05) is 0 Å². The second-order valence-electron chi connectivity index (χ2n) is 2.48. The number of hydrogen-bond acceptors (Lipinski definition) is 3. The van der Waals surface area contributed by atoms with Crippen LogP contribution in [-0.2, 0) is 0 Å². The van der Waals surface area contributed by atoms with E-state index in [-0.39, 0.29) is 11.3 Å². The zero-order valence-electron chi connectivity index (χ0n) is 7.03. The van der Waals surface area contributed by atoms with Crippen LogP contribution in [0, 0.1) is 26.2 Å². The topological polar surface area (TPSA) is 67.8 Å². The Morgan fingerprint density at radius 1 is 1.36 bits per heavy atom. The van der Waals surface area contributed by atoms with Gasteiger partial charge in [-0.15, -0.1) is 0 Å². The Hall–Kier alpha value is -1.53. The maximum absolute atomic E-state index is 9.41. The molecule has 0 saturated carbocycles. The lowest BCUT2D eigenvalue weighted by Crippen LogP contribution is -1.79. The van der Waals surface area contributed by atoms with E-state index in [0.717, 1.165) is 3.57 Å². The van der Waals surface area contributed by atoms with Gasteiger partial charge in [0.2, 0.25) is 0 Å². The molecule has 68 valence electrons. The van der Waals surface area contributed by atoms with E-state index < -0.39 is 0 Å². The van der Waals surface area contributed by atoms with Crippen LogP contribution in [0.4, 0.5) is 0 Å². The van der Waals surface area contributed by atoms with Crippen LogP contribution in [0.15, 0.2) is 23.8 Å². The van der Waals surface area contributed by atoms with Crippen molar-refractivity contribution in [3.05, 3.63) is 32.9 Å². The summed E-state index contributed by atoms with van der Waals surface area (Å²) in [6.07, 6.45) is 1.36. The van der Waals surface area contributed by atoms with E-state index in [2.05, 4.69) is 22.6 Å². The van der Waals surface area contributed by atoms with Gasteiger partial charge in [0.1, 0.15) is 23.5 Å². The number of phenolic OH excluding ortho intramolecular Hbond substituents is 1. The van der Waals surface area contributed by atoms with Crippen molar-refractivity contribution in [3.63, 3.8) is 0 Å². The third-order valence-electron chi connectivity index (χ3n) is 1.53. The molecule has 0 bridgehead atoms. The second kappa shape index (κ2) is 4.64. The van der Waals surface area contributed by atoms with Gasteiger partial charge in [-0.25, -0.2) is 0 Å². The van der Waals surface area contributed by atoms with E-state index in [1.807, 2.05) is 0 Å². The molecule has 0 aliphatic carbocycles. The van der Waals surface area contributed by atoms with E-state index in [0.29, 0.717) is 5.56 Å². The fourth-order valence-corrected chi connectivity index (χ4v) is 1.40. The van der Waals surface area contributed by atoms with Crippen molar-refractivity contribution in [1.29, 1.82) is 10.5 Å². The first kappa shape index (κ1) is 10.6. The van der Waals surface area contributed by atoms with Gasteiger partial charge in [-0.3, -0.25) is 0 Å². The van der Waals surface area contributed by atoms with E-state index in [1.165, 1.54) is 12.1 Å². The summed E-state index contributed by atoms with van der Waals surface area (Å²) in [5.41, 5.74) is 0.456. The van der Waals surface area contributed by atoms with Crippen molar-refractivity contribution in [2.75, 3.05) is 0 Å². The molecule has 0 unspecified atom stereocenters. The normalized spacial score (nSPS) is 8.50. The van der Waals surface area contributed by atoms with Crippen LogP contribution in [0.3, 0.4) is 0 Å². The molecule has 0 heterocycles. The Morgan fingerprint density at radius 2 is 2.00 bits per heavy atom. The minimum atomic E-state index is -0.0256. The number of halogens is 1. The van der Waals surface area contributed by atoms with E-state index in [4.69, 9.17) is 10.5 Å². The highest BCUT2D eigenvalue weighted by Crippen LogP contribution is 2.21. The molecule has 1 rings (SSSR count). The predicted octanol–water partition coefficient (Wildman–Crippen LogP) is 2.43. The molecule has 0 aliphatic heterocycles. The van der Waals surface area contributed by atoms with E-state index in [1.54, 1.807) is 24.3 Å². The first-order valence-electron chi connectivity index (χ1n) is 3.68. The Morgan fingerprint density at radius 3 is 2.57 bits per heavy atom. The van der Waals surface area contributed by atoms with Gasteiger partial charge in [0.15, 0.2) is 0 Å². The number of benzene rings is 1. The number of phenols is 1. The summed E-state index contributed by atoms with van der Waals surface area (Å²) in [4.78, 5) is 0. The molecule has 0 spiro atoms. The first-order chi connectivity index (χ1) is 6.67. The van der Waals surface area contributed by atoms with Crippen molar-refractivity contribution < 1.29 is 5.11 Å². The Labute approximate surface area is 95.0 Å². The first-order valence-corrected chi connectivity index (χ1v) is 4.75. The average molecular weight is 296 g/mol. The van der Waals surface area contributed by atoms with E-state index >= 15 is 0 Å². The number of allylic oxidation sites excluding steroid dienone is 1. The predicted molar refractivity (Wildman–Crippen MR) is 60.0 cm³/mol. The molecule has 1 aromatic rings. The molecule has 4 heteroatoms. The van der Waals surface area contributed by atoms with Crippen LogP contribution in [0.25, 0.3) is 6.08 Å². The number of nitriles is 2. The monoisotopic (exact) mass is 296 g/mol. The molecule has 14 heavy (non-hydrogen) atoms. The standard InChI is InChI=1S/C10H5IN2O/c11-9-1-2-10(14)8(4-9)3-7(5-12)6-13/h1-4,14H. The molecule has 0 saturated heterocycles. The van der Waals surface area contributed by atoms with Crippen LogP contribution < -0.4 is 0 Å². The molecule has 0 aromatic heterocycles. The third-order valence-corrected chi connectivity index (χ3v) is 2.20. The van der Waals surface area contributed by atoms with Crippen molar-refractivity contribution >= 4 is 28.7 Å². The molecule has 0 amide bonds. The molecule has 1 aromatic carbocycles. The van der Waals surface area contributed by atoms with E-state index in [9.17, 15) is 5.11 Å². The summed E-state index contributed by atoms with van der Waals surface area (Å²) in [6, 6.07) is 8.44. The summed E-state index contributed by atoms with van der Waals surface area (Å²) in [6.45, 7) is 0. The van der Waals surface area contributed by atoms with Gasteiger partial charge in [-0.05, 0) is 46.9 Å². The number of nitrogens with zero attached hydrogens (tertiary/aromatic N) is 2. The van der Waals surface area contributed by atoms with Crippen molar-refractivity contribution in [1.82, 2.24) is 0 Å². The van der Waals surface area contributed by atoms with Crippen LogP contribution >= 0.6 is 22.6 Å². The fourth-order valence-electron chi connectivity index (χ4n) is 0.886.